The van der Waals surface area contributed by atoms with Gasteiger partial charge >= 0.3 is 0 Å². The number of hydrogen-bond acceptors (Lipinski definition) is 2. The van der Waals surface area contributed by atoms with Crippen molar-refractivity contribution in [1.29, 1.82) is 0 Å². The summed E-state index contributed by atoms with van der Waals surface area (Å²) >= 11 is 0. The zero-order chi connectivity index (χ0) is 17.2. The Labute approximate surface area is 138 Å². The highest BCUT2D eigenvalue weighted by Gasteiger charge is 2.70. The van der Waals surface area contributed by atoms with Crippen molar-refractivity contribution in [3.05, 3.63) is 29.8 Å². The predicted octanol–water partition coefficient (Wildman–Crippen LogP) is 3.67. The maximum atomic E-state index is 15.0. The molecule has 4 bridgehead atoms. The zero-order valence-electron chi connectivity index (χ0n) is 13.5. The number of benzene rings is 1. The van der Waals surface area contributed by atoms with Crippen LogP contribution in [0.4, 0.5) is 13.2 Å². The van der Waals surface area contributed by atoms with Gasteiger partial charge in [-0.2, -0.15) is 0 Å². The van der Waals surface area contributed by atoms with Crippen molar-refractivity contribution in [2.24, 2.45) is 0 Å². The van der Waals surface area contributed by atoms with Gasteiger partial charge in [0.1, 0.15) is 22.8 Å². The summed E-state index contributed by atoms with van der Waals surface area (Å²) in [7, 11) is 1.44. The molecule has 0 atom stereocenters. The van der Waals surface area contributed by atoms with E-state index in [4.69, 9.17) is 4.74 Å². The second-order valence-corrected chi connectivity index (χ2v) is 7.95. The van der Waals surface area contributed by atoms with Gasteiger partial charge in [-0.15, -0.1) is 0 Å². The molecule has 4 saturated carbocycles. The average molecular weight is 339 g/mol. The molecule has 3 nitrogen and oxygen atoms in total. The molecule has 24 heavy (non-hydrogen) atoms. The molecule has 1 amide bonds. The van der Waals surface area contributed by atoms with E-state index < -0.39 is 28.5 Å². The molecule has 1 aromatic carbocycles. The van der Waals surface area contributed by atoms with Crippen LogP contribution < -0.4 is 10.1 Å². The number of rotatable bonds is 3. The number of carbonyl (C=O) groups is 1. The van der Waals surface area contributed by atoms with Gasteiger partial charge in [-0.25, -0.2) is 13.2 Å². The molecule has 5 rings (SSSR count). The standard InChI is InChI=1S/C18H20F3NO2/c1-24-13-5-3-2-4-12(13)14(23)22-18-9-15(19)6-16(20,10-18)8-17(21,7-15)11-18/h2-5H,6-11H2,1H3,(H,22,23). The third-order valence-electron chi connectivity index (χ3n) is 5.60. The number of amides is 1. The van der Waals surface area contributed by atoms with Gasteiger partial charge in [0.25, 0.3) is 5.91 Å². The predicted molar refractivity (Wildman–Crippen MR) is 82.4 cm³/mol. The number of hydrogen-bond donors (Lipinski definition) is 1. The van der Waals surface area contributed by atoms with E-state index in [9.17, 15) is 18.0 Å². The Morgan fingerprint density at radius 1 is 0.958 bits per heavy atom. The summed E-state index contributed by atoms with van der Waals surface area (Å²) in [6.07, 6.45) is -0.886. The van der Waals surface area contributed by atoms with Crippen LogP contribution in [0.15, 0.2) is 24.3 Å². The number of ether oxygens (including phenoxy) is 1. The van der Waals surface area contributed by atoms with Crippen molar-refractivity contribution in [2.75, 3.05) is 7.11 Å². The molecule has 1 aromatic rings. The monoisotopic (exact) mass is 339 g/mol. The smallest absolute Gasteiger partial charge is 0.255 e. The van der Waals surface area contributed by atoms with E-state index in [-0.39, 0.29) is 44.1 Å². The van der Waals surface area contributed by atoms with Crippen LogP contribution in [0.3, 0.4) is 0 Å². The van der Waals surface area contributed by atoms with Gasteiger partial charge in [-0.1, -0.05) is 12.1 Å². The molecule has 6 heteroatoms. The first-order chi connectivity index (χ1) is 11.2. The number of halogens is 3. The number of carbonyl (C=O) groups excluding carboxylic acids is 1. The van der Waals surface area contributed by atoms with Crippen LogP contribution in [0.5, 0.6) is 5.75 Å². The Kier molecular flexibility index (Phi) is 3.07. The SMILES string of the molecule is COc1ccccc1C(=O)NC12CC3(F)CC(F)(CC(F)(C3)C1)C2. The minimum absolute atomic E-state index is 0.0295. The number of nitrogens with one attached hydrogen (secondary N) is 1. The van der Waals surface area contributed by atoms with Gasteiger partial charge in [0, 0.05) is 44.1 Å². The third kappa shape index (κ3) is 2.38. The maximum absolute atomic E-state index is 15.0. The van der Waals surface area contributed by atoms with Crippen molar-refractivity contribution in [1.82, 2.24) is 5.32 Å². The lowest BCUT2D eigenvalue weighted by Gasteiger charge is -2.63. The van der Waals surface area contributed by atoms with Crippen LogP contribution in [0.1, 0.15) is 48.9 Å². The van der Waals surface area contributed by atoms with Gasteiger partial charge in [0.2, 0.25) is 0 Å². The zero-order valence-corrected chi connectivity index (χ0v) is 13.5. The van der Waals surface area contributed by atoms with Crippen molar-refractivity contribution < 1.29 is 22.7 Å². The molecule has 0 heterocycles. The molecule has 0 aliphatic heterocycles. The van der Waals surface area contributed by atoms with Crippen LogP contribution in [0.2, 0.25) is 0 Å². The minimum Gasteiger partial charge on any atom is -0.496 e. The van der Waals surface area contributed by atoms with Crippen LogP contribution in [0.25, 0.3) is 0 Å². The third-order valence-corrected chi connectivity index (χ3v) is 5.60. The summed E-state index contributed by atoms with van der Waals surface area (Å²) in [5.74, 6) is -0.107. The van der Waals surface area contributed by atoms with Gasteiger partial charge in [0.05, 0.1) is 12.7 Å². The second-order valence-electron chi connectivity index (χ2n) is 7.95. The summed E-state index contributed by atoms with van der Waals surface area (Å²) in [6.45, 7) is 0. The van der Waals surface area contributed by atoms with Crippen molar-refractivity contribution in [2.45, 2.75) is 61.1 Å². The fourth-order valence-electron chi connectivity index (χ4n) is 5.55. The highest BCUT2D eigenvalue weighted by Crippen LogP contribution is 2.64. The summed E-state index contributed by atoms with van der Waals surface area (Å²) in [5, 5.41) is 2.75. The lowest BCUT2D eigenvalue weighted by atomic mass is 9.49. The molecular weight excluding hydrogens is 319 g/mol. The Bertz CT molecular complexity index is 654. The van der Waals surface area contributed by atoms with Crippen molar-refractivity contribution >= 4 is 5.91 Å². The van der Waals surface area contributed by atoms with E-state index in [1.807, 2.05) is 0 Å². The van der Waals surface area contributed by atoms with Crippen LogP contribution in [-0.2, 0) is 0 Å². The maximum Gasteiger partial charge on any atom is 0.255 e. The molecule has 4 fully saturated rings. The van der Waals surface area contributed by atoms with Gasteiger partial charge in [-0.3, -0.25) is 4.79 Å². The first-order valence-corrected chi connectivity index (χ1v) is 8.20. The summed E-state index contributed by atoms with van der Waals surface area (Å²) in [6, 6.07) is 6.62. The minimum atomic E-state index is -1.88. The molecule has 1 N–H and O–H groups in total. The highest BCUT2D eigenvalue weighted by atomic mass is 19.2. The number of methoxy groups -OCH3 is 1. The summed E-state index contributed by atoms with van der Waals surface area (Å²) in [4.78, 5) is 12.7. The summed E-state index contributed by atoms with van der Waals surface area (Å²) < 4.78 is 50.0. The number of alkyl halides is 3. The average Bonchev–Trinajstić information content (AvgIpc) is 2.41. The van der Waals surface area contributed by atoms with E-state index in [1.54, 1.807) is 24.3 Å². The molecule has 0 aromatic heterocycles. The summed E-state index contributed by atoms with van der Waals surface area (Å²) in [5.41, 5.74) is -6.54. The molecule has 0 unspecified atom stereocenters. The first-order valence-electron chi connectivity index (χ1n) is 8.20. The topological polar surface area (TPSA) is 38.3 Å². The Morgan fingerprint density at radius 2 is 1.46 bits per heavy atom. The molecule has 0 saturated heterocycles. The molecule has 0 spiro atoms. The molecule has 4 aliphatic rings. The normalized spacial score (nSPS) is 42.8. The lowest BCUT2D eigenvalue weighted by Crippen LogP contribution is -2.72. The molecule has 0 radical (unpaired) electrons. The van der Waals surface area contributed by atoms with E-state index in [0.29, 0.717) is 5.75 Å². The van der Waals surface area contributed by atoms with Crippen LogP contribution in [-0.4, -0.2) is 35.6 Å². The largest absolute Gasteiger partial charge is 0.496 e. The van der Waals surface area contributed by atoms with E-state index in [1.165, 1.54) is 7.11 Å². The molecular formula is C18H20F3NO2. The van der Waals surface area contributed by atoms with Crippen LogP contribution in [0, 0.1) is 0 Å². The van der Waals surface area contributed by atoms with E-state index in [2.05, 4.69) is 5.32 Å². The van der Waals surface area contributed by atoms with Gasteiger partial charge in [-0.05, 0) is 12.1 Å². The Balaban J connectivity index is 1.66. The quantitative estimate of drug-likeness (QED) is 0.912. The van der Waals surface area contributed by atoms with E-state index in [0.717, 1.165) is 0 Å². The van der Waals surface area contributed by atoms with Crippen molar-refractivity contribution in [3.63, 3.8) is 0 Å². The molecule has 4 aliphatic carbocycles. The van der Waals surface area contributed by atoms with Gasteiger partial charge in [0.15, 0.2) is 0 Å². The number of para-hydroxylation sites is 1. The fourth-order valence-corrected chi connectivity index (χ4v) is 5.55. The second kappa shape index (κ2) is 4.67. The van der Waals surface area contributed by atoms with E-state index >= 15 is 0 Å². The molecule has 130 valence electrons. The highest BCUT2D eigenvalue weighted by molar-refractivity contribution is 5.97. The lowest BCUT2D eigenvalue weighted by molar-refractivity contribution is -0.193. The Hall–Kier alpha value is -1.72. The fraction of sp³-hybridized carbons (Fsp3) is 0.611. The van der Waals surface area contributed by atoms with Crippen LogP contribution >= 0.6 is 0 Å². The van der Waals surface area contributed by atoms with Gasteiger partial charge < -0.3 is 10.1 Å². The van der Waals surface area contributed by atoms with Crippen molar-refractivity contribution in [3.8, 4) is 5.75 Å². The first kappa shape index (κ1) is 15.8. The Morgan fingerprint density at radius 3 is 1.96 bits per heavy atom.